The van der Waals surface area contributed by atoms with Crippen molar-refractivity contribution in [2.45, 2.75) is 50.0 Å². The van der Waals surface area contributed by atoms with E-state index in [9.17, 15) is 4.79 Å². The molecule has 30 heavy (non-hydrogen) atoms. The second-order valence-corrected chi connectivity index (χ2v) is 9.94. The number of nitrogens with zero attached hydrogens (tertiary/aromatic N) is 3. The Labute approximate surface area is 180 Å². The molecule has 3 fully saturated rings. The summed E-state index contributed by atoms with van der Waals surface area (Å²) in [5.41, 5.74) is 3.44. The number of fused-ring (bicyclic) bond motifs is 1. The Kier molecular flexibility index (Phi) is 4.22. The first kappa shape index (κ1) is 18.5. The zero-order chi connectivity index (χ0) is 20.3. The highest BCUT2D eigenvalue weighted by atomic mass is 32.1. The van der Waals surface area contributed by atoms with Gasteiger partial charge >= 0.3 is 0 Å². The smallest absolute Gasteiger partial charge is 0.254 e. The quantitative estimate of drug-likeness (QED) is 0.691. The fraction of sp³-hybridized carbons (Fsp3) is 0.458. The number of amides is 1. The van der Waals surface area contributed by atoms with Gasteiger partial charge in [0.15, 0.2) is 0 Å². The molecule has 1 aliphatic carbocycles. The van der Waals surface area contributed by atoms with E-state index in [0.717, 1.165) is 61.5 Å². The molecule has 2 aromatic heterocycles. The Morgan fingerprint density at radius 2 is 1.90 bits per heavy atom. The monoisotopic (exact) mass is 418 g/mol. The van der Waals surface area contributed by atoms with Gasteiger partial charge in [0.05, 0.1) is 5.69 Å². The maximum Gasteiger partial charge on any atom is 0.254 e. The maximum atomic E-state index is 13.1. The highest BCUT2D eigenvalue weighted by Crippen LogP contribution is 2.55. The lowest BCUT2D eigenvalue weighted by molar-refractivity contribution is -0.0194. The maximum absolute atomic E-state index is 13.1. The highest BCUT2D eigenvalue weighted by molar-refractivity contribution is 7.16. The van der Waals surface area contributed by atoms with Crippen LogP contribution in [0.25, 0.3) is 10.2 Å². The Balaban J connectivity index is 1.20. The molecule has 0 bridgehead atoms. The van der Waals surface area contributed by atoms with E-state index < -0.39 is 0 Å². The van der Waals surface area contributed by atoms with Crippen molar-refractivity contribution in [2.24, 2.45) is 0 Å². The topological polar surface area (TPSA) is 58.1 Å². The largest absolute Gasteiger partial charge is 0.333 e. The Hall–Kier alpha value is -2.31. The van der Waals surface area contributed by atoms with Crippen LogP contribution in [0.5, 0.6) is 0 Å². The minimum Gasteiger partial charge on any atom is -0.333 e. The molecular formula is C24H26N4OS. The van der Waals surface area contributed by atoms with Gasteiger partial charge in [-0.2, -0.15) is 0 Å². The second kappa shape index (κ2) is 6.86. The average Bonchev–Trinajstić information content (AvgIpc) is 3.42. The van der Waals surface area contributed by atoms with Crippen molar-refractivity contribution in [3.8, 4) is 0 Å². The van der Waals surface area contributed by atoms with Gasteiger partial charge in [0.25, 0.3) is 5.91 Å². The predicted molar refractivity (Wildman–Crippen MR) is 119 cm³/mol. The average molecular weight is 419 g/mol. The first-order valence-electron chi connectivity index (χ1n) is 11.0. The summed E-state index contributed by atoms with van der Waals surface area (Å²) in [5.74, 6) is 2.01. The van der Waals surface area contributed by atoms with Crippen molar-refractivity contribution in [3.05, 3.63) is 58.4 Å². The molecule has 1 spiro atoms. The van der Waals surface area contributed by atoms with Gasteiger partial charge in [-0.25, -0.2) is 9.97 Å². The Morgan fingerprint density at radius 1 is 1.10 bits per heavy atom. The molecule has 4 heterocycles. The van der Waals surface area contributed by atoms with E-state index in [1.54, 1.807) is 11.3 Å². The summed E-state index contributed by atoms with van der Waals surface area (Å²) in [7, 11) is 0. The van der Waals surface area contributed by atoms with E-state index in [-0.39, 0.29) is 11.4 Å². The minimum atomic E-state index is 0.110. The number of nitrogens with one attached hydrogen (secondary N) is 1. The number of carbonyl (C=O) groups excluding carboxylic acids is 1. The third-order valence-electron chi connectivity index (χ3n) is 7.35. The van der Waals surface area contributed by atoms with Crippen molar-refractivity contribution >= 4 is 27.5 Å². The molecule has 6 rings (SSSR count). The lowest BCUT2D eigenvalue weighted by Crippen LogP contribution is -2.65. The van der Waals surface area contributed by atoms with Gasteiger partial charge in [-0.1, -0.05) is 12.1 Å². The Morgan fingerprint density at radius 3 is 2.63 bits per heavy atom. The molecule has 1 aromatic carbocycles. The van der Waals surface area contributed by atoms with Gasteiger partial charge in [0.2, 0.25) is 0 Å². The molecule has 154 valence electrons. The zero-order valence-electron chi connectivity index (χ0n) is 17.2. The summed E-state index contributed by atoms with van der Waals surface area (Å²) in [5, 5.41) is 6.72. The molecule has 6 heteroatoms. The highest BCUT2D eigenvalue weighted by Gasteiger charge is 2.48. The number of piperidine rings is 1. The third-order valence-corrected chi connectivity index (χ3v) is 8.15. The van der Waals surface area contributed by atoms with Gasteiger partial charge < -0.3 is 10.2 Å². The fourth-order valence-electron chi connectivity index (χ4n) is 5.44. The number of likely N-dealkylation sites (tertiary alicyclic amines) is 1. The molecule has 3 aliphatic rings. The van der Waals surface area contributed by atoms with Crippen molar-refractivity contribution in [1.29, 1.82) is 0 Å². The van der Waals surface area contributed by atoms with Gasteiger partial charge in [-0.15, -0.1) is 11.3 Å². The summed E-state index contributed by atoms with van der Waals surface area (Å²) in [6.45, 7) is 4.91. The molecule has 1 saturated carbocycles. The lowest BCUT2D eigenvalue weighted by atomic mass is 9.76. The van der Waals surface area contributed by atoms with Crippen LogP contribution in [-0.4, -0.2) is 45.9 Å². The van der Waals surface area contributed by atoms with E-state index >= 15 is 0 Å². The van der Waals surface area contributed by atoms with E-state index in [1.807, 2.05) is 19.1 Å². The first-order valence-corrected chi connectivity index (χ1v) is 11.9. The number of hydrogen-bond donors (Lipinski definition) is 1. The molecule has 1 N–H and O–H groups in total. The second-order valence-electron chi connectivity index (χ2n) is 9.05. The van der Waals surface area contributed by atoms with Crippen molar-refractivity contribution in [1.82, 2.24) is 20.2 Å². The fourth-order valence-corrected chi connectivity index (χ4v) is 6.25. The molecule has 2 aliphatic heterocycles. The van der Waals surface area contributed by atoms with Gasteiger partial charge in [0, 0.05) is 29.0 Å². The van der Waals surface area contributed by atoms with Gasteiger partial charge in [-0.05, 0) is 80.8 Å². The zero-order valence-corrected chi connectivity index (χ0v) is 18.0. The SMILES string of the molecule is Cc1nc(C2CC2c2ccc(C(=O)N3CCC34CCNCC4)cc2)c2ccsc2n1. The van der Waals surface area contributed by atoms with Crippen LogP contribution in [0.1, 0.15) is 65.0 Å². The van der Waals surface area contributed by atoms with E-state index in [4.69, 9.17) is 4.98 Å². The predicted octanol–water partition coefficient (Wildman–Crippen LogP) is 4.24. The third kappa shape index (κ3) is 2.88. The minimum absolute atomic E-state index is 0.110. The molecule has 3 aromatic rings. The molecule has 2 atom stereocenters. The number of carbonyl (C=O) groups is 1. The molecule has 5 nitrogen and oxygen atoms in total. The first-order chi connectivity index (χ1) is 14.6. The lowest BCUT2D eigenvalue weighted by Gasteiger charge is -2.55. The molecule has 0 radical (unpaired) electrons. The number of thiophene rings is 1. The van der Waals surface area contributed by atoms with E-state index in [2.05, 4.69) is 38.8 Å². The molecule has 1 amide bonds. The summed E-state index contributed by atoms with van der Waals surface area (Å²) in [6, 6.07) is 10.5. The van der Waals surface area contributed by atoms with Crippen LogP contribution in [0.15, 0.2) is 35.7 Å². The molecule has 2 saturated heterocycles. The van der Waals surface area contributed by atoms with Crippen LogP contribution in [0, 0.1) is 6.92 Å². The summed E-state index contributed by atoms with van der Waals surface area (Å²) in [6.07, 6.45) is 4.43. The Bertz CT molecular complexity index is 1120. The number of benzene rings is 1. The van der Waals surface area contributed by atoms with Crippen molar-refractivity contribution < 1.29 is 4.79 Å². The van der Waals surface area contributed by atoms with Gasteiger partial charge in [0.1, 0.15) is 10.7 Å². The van der Waals surface area contributed by atoms with Crippen LogP contribution in [-0.2, 0) is 0 Å². The van der Waals surface area contributed by atoms with Crippen LogP contribution in [0.4, 0.5) is 0 Å². The summed E-state index contributed by atoms with van der Waals surface area (Å²) < 4.78 is 0. The van der Waals surface area contributed by atoms with Crippen LogP contribution in [0.2, 0.25) is 0 Å². The summed E-state index contributed by atoms with van der Waals surface area (Å²) >= 11 is 1.69. The van der Waals surface area contributed by atoms with E-state index in [0.29, 0.717) is 11.8 Å². The van der Waals surface area contributed by atoms with Crippen LogP contribution in [0.3, 0.4) is 0 Å². The van der Waals surface area contributed by atoms with Crippen molar-refractivity contribution in [2.75, 3.05) is 19.6 Å². The molecular weight excluding hydrogens is 392 g/mol. The van der Waals surface area contributed by atoms with Gasteiger partial charge in [-0.3, -0.25) is 4.79 Å². The van der Waals surface area contributed by atoms with Crippen LogP contribution >= 0.6 is 11.3 Å². The number of rotatable bonds is 3. The molecule has 2 unspecified atom stereocenters. The standard InChI is InChI=1S/C24H26N4OS/c1-15-26-21(18-6-13-30-22(18)27-15)20-14-19(20)16-2-4-17(5-3-16)23(29)28-12-9-24(28)7-10-25-11-8-24/h2-6,13,19-20,25H,7-12,14H2,1H3. The van der Waals surface area contributed by atoms with Crippen LogP contribution < -0.4 is 5.32 Å². The summed E-state index contributed by atoms with van der Waals surface area (Å²) in [4.78, 5) is 25.7. The van der Waals surface area contributed by atoms with Crippen molar-refractivity contribution in [3.63, 3.8) is 0 Å². The normalized spacial score (nSPS) is 24.8. The number of aromatic nitrogens is 2. The van der Waals surface area contributed by atoms with E-state index in [1.165, 1.54) is 16.6 Å². The number of aryl methyl sites for hydroxylation is 1. The number of hydrogen-bond acceptors (Lipinski definition) is 5.